The highest BCUT2D eigenvalue weighted by Gasteiger charge is 2.55. The fourth-order valence-electron chi connectivity index (χ4n) is 4.93. The summed E-state index contributed by atoms with van der Waals surface area (Å²) >= 11 is 0. The molecule has 2 bridgehead atoms. The lowest BCUT2D eigenvalue weighted by Gasteiger charge is -2.58. The first-order chi connectivity index (χ1) is 13.5. The molecule has 0 aliphatic carbocycles. The van der Waals surface area contributed by atoms with Gasteiger partial charge < -0.3 is 4.48 Å². The topological polar surface area (TPSA) is 3.24 Å². The first-order valence-corrected chi connectivity index (χ1v) is 9.43. The molecular weight excluding hydrogens is 394 g/mol. The number of hydrogen-bond acceptors (Lipinski definition) is 1. The Bertz CT molecular complexity index is 897. The van der Waals surface area contributed by atoms with Gasteiger partial charge in [0.25, 0.3) is 0 Å². The molecule has 0 N–H and O–H groups in total. The molecule has 0 saturated carbocycles. The predicted octanol–water partition coefficient (Wildman–Crippen LogP) is 5.28. The number of likely N-dealkylation sites (N-methyl/N-ethyl adjacent to an activating group) is 1. The Morgan fingerprint density at radius 1 is 0.759 bits per heavy atom. The third-order valence-electron chi connectivity index (χ3n) is 6.33. The summed E-state index contributed by atoms with van der Waals surface area (Å²) in [6.07, 6.45) is -9.15. The zero-order valence-corrected chi connectivity index (χ0v) is 15.8. The Morgan fingerprint density at radius 3 is 1.72 bits per heavy atom. The molecule has 3 saturated heterocycles. The van der Waals surface area contributed by atoms with Gasteiger partial charge in [0, 0.05) is 18.7 Å². The Morgan fingerprint density at radius 2 is 1.21 bits per heavy atom. The maximum absolute atomic E-state index is 13.8. The lowest BCUT2D eigenvalue weighted by atomic mass is 9.81. The Kier molecular flexibility index (Phi) is 4.70. The van der Waals surface area contributed by atoms with Gasteiger partial charge in [0.1, 0.15) is 6.04 Å². The van der Waals surface area contributed by atoms with Gasteiger partial charge in [-0.05, 0) is 17.7 Å². The number of nitrogens with zero attached hydrogens (tertiary/aromatic N) is 2. The fraction of sp³-hybridized carbons (Fsp3) is 0.429. The zero-order chi connectivity index (χ0) is 21.0. The summed E-state index contributed by atoms with van der Waals surface area (Å²) in [7, 11) is 1.86. The summed E-state index contributed by atoms with van der Waals surface area (Å²) < 4.78 is 82.8. The summed E-state index contributed by atoms with van der Waals surface area (Å²) in [5.74, 6) is 0. The molecule has 0 amide bonds. The van der Waals surface area contributed by atoms with Gasteiger partial charge >= 0.3 is 12.4 Å². The van der Waals surface area contributed by atoms with Crippen molar-refractivity contribution in [3.63, 3.8) is 0 Å². The number of rotatable bonds is 2. The van der Waals surface area contributed by atoms with Crippen molar-refractivity contribution in [1.82, 2.24) is 4.90 Å². The van der Waals surface area contributed by atoms with Crippen molar-refractivity contribution in [3.05, 3.63) is 70.8 Å². The average molecular weight is 415 g/mol. The summed E-state index contributed by atoms with van der Waals surface area (Å²) in [4.78, 5) is 1.91. The van der Waals surface area contributed by atoms with Crippen LogP contribution in [-0.2, 0) is 12.4 Å². The van der Waals surface area contributed by atoms with E-state index in [9.17, 15) is 26.3 Å². The minimum absolute atomic E-state index is 0.0470. The molecule has 2 aromatic carbocycles. The minimum Gasteiger partial charge on any atom is -0.316 e. The van der Waals surface area contributed by atoms with E-state index < -0.39 is 35.6 Å². The van der Waals surface area contributed by atoms with E-state index >= 15 is 0 Å². The first-order valence-electron chi connectivity index (χ1n) is 9.43. The predicted molar refractivity (Wildman–Crippen MR) is 95.9 cm³/mol. The molecule has 5 rings (SSSR count). The van der Waals surface area contributed by atoms with Crippen molar-refractivity contribution in [2.45, 2.75) is 24.4 Å². The highest BCUT2D eigenvalue weighted by Crippen LogP contribution is 2.52. The third kappa shape index (κ3) is 3.42. The van der Waals surface area contributed by atoms with E-state index in [4.69, 9.17) is 0 Å². The Labute approximate surface area is 164 Å². The fourth-order valence-corrected chi connectivity index (χ4v) is 4.93. The molecule has 3 aliphatic heterocycles. The smallest absolute Gasteiger partial charge is 0.316 e. The molecule has 3 heterocycles. The van der Waals surface area contributed by atoms with Gasteiger partial charge in [-0.1, -0.05) is 36.4 Å². The maximum Gasteiger partial charge on any atom is 0.416 e. The quantitative estimate of drug-likeness (QED) is 0.476. The maximum atomic E-state index is 13.8. The highest BCUT2D eigenvalue weighted by molar-refractivity contribution is 5.39. The van der Waals surface area contributed by atoms with Crippen LogP contribution in [0, 0.1) is 0 Å². The van der Waals surface area contributed by atoms with Crippen LogP contribution in [0.1, 0.15) is 34.3 Å². The normalized spacial score (nSPS) is 29.8. The number of benzene rings is 2. The lowest BCUT2D eigenvalue weighted by molar-refractivity contribution is -0.958. The van der Waals surface area contributed by atoms with Crippen LogP contribution >= 0.6 is 0 Å². The molecule has 0 spiro atoms. The van der Waals surface area contributed by atoms with Crippen molar-refractivity contribution >= 4 is 0 Å². The Balaban J connectivity index is 1.94. The molecule has 3 fully saturated rings. The summed E-state index contributed by atoms with van der Waals surface area (Å²) in [5, 5.41) is 0. The Hall–Kier alpha value is -2.06. The summed E-state index contributed by atoms with van der Waals surface area (Å²) in [5.41, 5.74) is -1.44. The van der Waals surface area contributed by atoms with Crippen molar-refractivity contribution in [3.8, 4) is 0 Å². The van der Waals surface area contributed by atoms with Gasteiger partial charge in [-0.15, -0.1) is 0 Å². The van der Waals surface area contributed by atoms with Crippen LogP contribution in [0.3, 0.4) is 0 Å². The van der Waals surface area contributed by atoms with E-state index in [1.807, 2.05) is 11.9 Å². The molecule has 8 heteroatoms. The largest absolute Gasteiger partial charge is 0.416 e. The number of hydrogen-bond donors (Lipinski definition) is 0. The van der Waals surface area contributed by atoms with Gasteiger partial charge in [-0.2, -0.15) is 26.3 Å². The second-order valence-corrected chi connectivity index (χ2v) is 8.02. The third-order valence-corrected chi connectivity index (χ3v) is 6.33. The SMILES string of the molecule is C[N+]12CCN(CC1)[C@H](c1ccccc1C(F)(F)F)[C@H]2c1ccccc1C(F)(F)F. The molecule has 2 nitrogen and oxygen atoms in total. The van der Waals surface area contributed by atoms with Crippen LogP contribution in [0.2, 0.25) is 0 Å². The van der Waals surface area contributed by atoms with E-state index in [0.29, 0.717) is 30.7 Å². The van der Waals surface area contributed by atoms with E-state index in [-0.39, 0.29) is 11.1 Å². The number of fused-ring (bicyclic) bond motifs is 3. The summed E-state index contributed by atoms with van der Waals surface area (Å²) in [6.45, 7) is 2.30. The van der Waals surface area contributed by atoms with Gasteiger partial charge in [0.2, 0.25) is 0 Å². The van der Waals surface area contributed by atoms with Crippen molar-refractivity contribution in [2.75, 3.05) is 33.2 Å². The first kappa shape index (κ1) is 20.2. The molecule has 2 atom stereocenters. The van der Waals surface area contributed by atoms with Gasteiger partial charge in [0.15, 0.2) is 0 Å². The van der Waals surface area contributed by atoms with Gasteiger partial charge in [-0.25, -0.2) is 0 Å². The molecule has 29 heavy (non-hydrogen) atoms. The van der Waals surface area contributed by atoms with Gasteiger partial charge in [0.05, 0.1) is 37.3 Å². The molecule has 156 valence electrons. The zero-order valence-electron chi connectivity index (χ0n) is 15.8. The average Bonchev–Trinajstić information content (AvgIpc) is 2.66. The number of piperazine rings is 3. The minimum atomic E-state index is -4.57. The molecule has 3 aliphatic rings. The van der Waals surface area contributed by atoms with E-state index in [1.165, 1.54) is 36.4 Å². The van der Waals surface area contributed by atoms with Gasteiger partial charge in [-0.3, -0.25) is 4.90 Å². The van der Waals surface area contributed by atoms with Crippen LogP contribution < -0.4 is 0 Å². The van der Waals surface area contributed by atoms with Crippen LogP contribution in [0.4, 0.5) is 26.3 Å². The number of halogens is 6. The van der Waals surface area contributed by atoms with Crippen LogP contribution in [-0.4, -0.2) is 42.6 Å². The van der Waals surface area contributed by atoms with Crippen molar-refractivity contribution in [1.29, 1.82) is 0 Å². The molecule has 0 radical (unpaired) electrons. The van der Waals surface area contributed by atoms with E-state index in [0.717, 1.165) is 12.1 Å². The molecular formula is C21H21F6N2+. The van der Waals surface area contributed by atoms with Crippen LogP contribution in [0.5, 0.6) is 0 Å². The van der Waals surface area contributed by atoms with E-state index in [1.54, 1.807) is 0 Å². The second kappa shape index (κ2) is 6.74. The van der Waals surface area contributed by atoms with Crippen molar-refractivity contribution in [2.24, 2.45) is 0 Å². The molecule has 0 aromatic heterocycles. The number of quaternary nitrogens is 1. The highest BCUT2D eigenvalue weighted by atomic mass is 19.4. The monoisotopic (exact) mass is 415 g/mol. The standard InChI is InChI=1S/C21H21F6N2/c1-29-12-10-28(11-13-29)18(14-6-2-4-8-16(14)20(22,23)24)19(29)15-7-3-5-9-17(15)21(25,26)27/h2-9,18-19H,10-13H2,1H3/q+1/t18-,19-/m1/s1. The molecule has 2 aromatic rings. The van der Waals surface area contributed by atoms with Crippen molar-refractivity contribution < 1.29 is 30.8 Å². The lowest BCUT2D eigenvalue weighted by Crippen LogP contribution is -2.67. The summed E-state index contributed by atoms with van der Waals surface area (Å²) in [6, 6.07) is 9.04. The van der Waals surface area contributed by atoms with E-state index in [2.05, 4.69) is 0 Å². The molecule has 0 unspecified atom stereocenters. The van der Waals surface area contributed by atoms with Crippen LogP contribution in [0.25, 0.3) is 0 Å². The number of alkyl halides is 6. The van der Waals surface area contributed by atoms with Crippen LogP contribution in [0.15, 0.2) is 48.5 Å². The second-order valence-electron chi connectivity index (χ2n) is 8.02.